The Kier molecular flexibility index (Phi) is 2.49. The van der Waals surface area contributed by atoms with Crippen LogP contribution in [0.4, 0.5) is 4.39 Å². The van der Waals surface area contributed by atoms with E-state index in [9.17, 15) is 9.18 Å². The second kappa shape index (κ2) is 4.03. The molecule has 0 aromatic heterocycles. The van der Waals surface area contributed by atoms with E-state index in [0.717, 1.165) is 16.7 Å². The van der Waals surface area contributed by atoms with Gasteiger partial charge in [-0.1, -0.05) is 36.4 Å². The monoisotopic (exact) mass is 241 g/mol. The van der Waals surface area contributed by atoms with Gasteiger partial charge >= 0.3 is 0 Å². The first-order chi connectivity index (χ1) is 8.68. The van der Waals surface area contributed by atoms with E-state index >= 15 is 0 Å². The molecule has 0 heterocycles. The molecular weight excluding hydrogens is 229 g/mol. The predicted octanol–water partition coefficient (Wildman–Crippen LogP) is 2.62. The van der Waals surface area contributed by atoms with Crippen molar-refractivity contribution in [3.63, 3.8) is 0 Å². The Hall–Kier alpha value is -2.00. The topological polar surface area (TPSA) is 43.1 Å². The van der Waals surface area contributed by atoms with Gasteiger partial charge in [0.1, 0.15) is 5.82 Å². The molecule has 90 valence electrons. The van der Waals surface area contributed by atoms with Crippen LogP contribution in [0.3, 0.4) is 0 Å². The highest BCUT2D eigenvalue weighted by molar-refractivity contribution is 5.93. The van der Waals surface area contributed by atoms with E-state index < -0.39 is 6.04 Å². The fourth-order valence-electron chi connectivity index (χ4n) is 2.46. The van der Waals surface area contributed by atoms with Gasteiger partial charge in [-0.05, 0) is 22.8 Å². The van der Waals surface area contributed by atoms with E-state index in [2.05, 4.69) is 0 Å². The zero-order chi connectivity index (χ0) is 12.7. The lowest BCUT2D eigenvalue weighted by molar-refractivity contribution is -0.119. The van der Waals surface area contributed by atoms with Crippen LogP contribution in [0.1, 0.15) is 17.2 Å². The molecule has 1 aliphatic rings. The minimum atomic E-state index is -0.673. The first-order valence-electron chi connectivity index (χ1n) is 5.83. The summed E-state index contributed by atoms with van der Waals surface area (Å²) in [6.07, 6.45) is 0.0534. The van der Waals surface area contributed by atoms with Crippen LogP contribution in [-0.2, 0) is 11.2 Å². The van der Waals surface area contributed by atoms with Crippen molar-refractivity contribution in [1.82, 2.24) is 0 Å². The summed E-state index contributed by atoms with van der Waals surface area (Å²) in [5.74, 6) is -0.490. The number of hydrogen-bond acceptors (Lipinski definition) is 2. The Labute approximate surface area is 104 Å². The van der Waals surface area contributed by atoms with Gasteiger partial charge in [-0.3, -0.25) is 4.79 Å². The Morgan fingerprint density at radius 3 is 2.61 bits per heavy atom. The quantitative estimate of drug-likeness (QED) is 0.770. The highest BCUT2D eigenvalue weighted by Crippen LogP contribution is 2.35. The van der Waals surface area contributed by atoms with Crippen LogP contribution < -0.4 is 5.73 Å². The summed E-state index contributed by atoms with van der Waals surface area (Å²) in [4.78, 5) is 12.0. The van der Waals surface area contributed by atoms with Gasteiger partial charge in [0.2, 0.25) is 0 Å². The zero-order valence-electron chi connectivity index (χ0n) is 9.69. The number of fused-ring (bicyclic) bond motifs is 3. The Morgan fingerprint density at radius 1 is 1.06 bits per heavy atom. The molecule has 2 aromatic carbocycles. The SMILES string of the molecule is NC1C(=O)Cc2c(F)cccc2-c2ccccc21. The summed E-state index contributed by atoms with van der Waals surface area (Å²) in [6, 6.07) is 11.6. The molecule has 1 atom stereocenters. The van der Waals surface area contributed by atoms with Crippen molar-refractivity contribution >= 4 is 5.78 Å². The number of nitrogens with two attached hydrogens (primary N) is 1. The van der Waals surface area contributed by atoms with Gasteiger partial charge in [0.15, 0.2) is 5.78 Å². The molecule has 2 nitrogen and oxygen atoms in total. The van der Waals surface area contributed by atoms with Crippen LogP contribution in [-0.4, -0.2) is 5.78 Å². The average Bonchev–Trinajstić information content (AvgIpc) is 2.49. The number of rotatable bonds is 0. The van der Waals surface area contributed by atoms with Gasteiger partial charge in [-0.15, -0.1) is 0 Å². The molecule has 0 spiro atoms. The summed E-state index contributed by atoms with van der Waals surface area (Å²) < 4.78 is 13.9. The zero-order valence-corrected chi connectivity index (χ0v) is 9.69. The van der Waals surface area contributed by atoms with Crippen LogP contribution in [0.15, 0.2) is 42.5 Å². The molecule has 0 fully saturated rings. The summed E-state index contributed by atoms with van der Waals surface area (Å²) in [7, 11) is 0. The van der Waals surface area contributed by atoms with Crippen LogP contribution in [0.2, 0.25) is 0 Å². The van der Waals surface area contributed by atoms with Crippen molar-refractivity contribution in [2.75, 3.05) is 0 Å². The molecule has 0 saturated carbocycles. The molecule has 2 N–H and O–H groups in total. The van der Waals surface area contributed by atoms with Gasteiger partial charge in [0, 0.05) is 12.0 Å². The molecule has 0 bridgehead atoms. The summed E-state index contributed by atoms with van der Waals surface area (Å²) in [5, 5.41) is 0. The normalized spacial score (nSPS) is 17.9. The number of carbonyl (C=O) groups is 1. The van der Waals surface area contributed by atoms with Crippen molar-refractivity contribution < 1.29 is 9.18 Å². The Bertz CT molecular complexity index is 636. The molecule has 0 aliphatic heterocycles. The smallest absolute Gasteiger partial charge is 0.158 e. The molecule has 0 amide bonds. The highest BCUT2D eigenvalue weighted by atomic mass is 19.1. The van der Waals surface area contributed by atoms with Crippen molar-refractivity contribution in [2.45, 2.75) is 12.5 Å². The Balaban J connectivity index is 2.36. The summed E-state index contributed by atoms with van der Waals surface area (Å²) in [5.41, 5.74) is 8.79. The first kappa shape index (κ1) is 11.1. The molecule has 3 heteroatoms. The van der Waals surface area contributed by atoms with E-state index in [1.54, 1.807) is 6.07 Å². The van der Waals surface area contributed by atoms with Gasteiger partial charge in [-0.25, -0.2) is 4.39 Å². The maximum Gasteiger partial charge on any atom is 0.158 e. The van der Waals surface area contributed by atoms with E-state index in [4.69, 9.17) is 5.73 Å². The third kappa shape index (κ3) is 1.56. The highest BCUT2D eigenvalue weighted by Gasteiger charge is 2.26. The lowest BCUT2D eigenvalue weighted by Gasteiger charge is -2.11. The van der Waals surface area contributed by atoms with Crippen molar-refractivity contribution in [2.24, 2.45) is 5.73 Å². The standard InChI is InChI=1S/C15H12FNO/c16-13-7-3-6-10-9-4-1-2-5-11(9)15(17)14(18)8-12(10)13/h1-7,15H,8,17H2. The van der Waals surface area contributed by atoms with Crippen LogP contribution in [0.5, 0.6) is 0 Å². The van der Waals surface area contributed by atoms with Crippen LogP contribution in [0, 0.1) is 5.82 Å². The molecule has 0 radical (unpaired) electrons. The molecule has 1 unspecified atom stereocenters. The fourth-order valence-corrected chi connectivity index (χ4v) is 2.46. The van der Waals surface area contributed by atoms with Crippen LogP contribution in [0.25, 0.3) is 11.1 Å². The number of carbonyl (C=O) groups excluding carboxylic acids is 1. The van der Waals surface area contributed by atoms with E-state index in [-0.39, 0.29) is 18.0 Å². The van der Waals surface area contributed by atoms with Crippen LogP contribution >= 0.6 is 0 Å². The van der Waals surface area contributed by atoms with Gasteiger partial charge in [0.25, 0.3) is 0 Å². The molecular formula is C15H12FNO. The minimum Gasteiger partial charge on any atom is -0.318 e. The third-order valence-electron chi connectivity index (χ3n) is 3.40. The maximum atomic E-state index is 13.9. The van der Waals surface area contributed by atoms with Crippen molar-refractivity contribution in [1.29, 1.82) is 0 Å². The number of Topliss-reactive ketones (excluding diaryl/α,β-unsaturated/α-hetero) is 1. The minimum absolute atomic E-state index is 0.0534. The predicted molar refractivity (Wildman–Crippen MR) is 67.5 cm³/mol. The molecule has 0 saturated heterocycles. The summed E-state index contributed by atoms with van der Waals surface area (Å²) in [6.45, 7) is 0. The lowest BCUT2D eigenvalue weighted by atomic mass is 9.95. The number of hydrogen-bond donors (Lipinski definition) is 1. The third-order valence-corrected chi connectivity index (χ3v) is 3.40. The second-order valence-corrected chi connectivity index (χ2v) is 4.47. The molecule has 3 rings (SSSR count). The van der Waals surface area contributed by atoms with E-state index in [1.807, 2.05) is 30.3 Å². The summed E-state index contributed by atoms with van der Waals surface area (Å²) >= 11 is 0. The number of ketones is 1. The number of halogens is 1. The van der Waals surface area contributed by atoms with Gasteiger partial charge in [-0.2, -0.15) is 0 Å². The van der Waals surface area contributed by atoms with E-state index in [0.29, 0.717) is 5.56 Å². The second-order valence-electron chi connectivity index (χ2n) is 4.47. The molecule has 18 heavy (non-hydrogen) atoms. The first-order valence-corrected chi connectivity index (χ1v) is 5.83. The van der Waals surface area contributed by atoms with E-state index in [1.165, 1.54) is 6.07 Å². The molecule has 2 aromatic rings. The van der Waals surface area contributed by atoms with Crippen molar-refractivity contribution in [3.8, 4) is 11.1 Å². The largest absolute Gasteiger partial charge is 0.318 e. The fraction of sp³-hybridized carbons (Fsp3) is 0.133. The van der Waals surface area contributed by atoms with Gasteiger partial charge in [0.05, 0.1) is 6.04 Å². The van der Waals surface area contributed by atoms with Crippen molar-refractivity contribution in [3.05, 3.63) is 59.4 Å². The Morgan fingerprint density at radius 2 is 1.78 bits per heavy atom. The molecule has 1 aliphatic carbocycles. The number of benzene rings is 2. The lowest BCUT2D eigenvalue weighted by Crippen LogP contribution is -2.22. The van der Waals surface area contributed by atoms with Gasteiger partial charge < -0.3 is 5.73 Å². The maximum absolute atomic E-state index is 13.9. The average molecular weight is 241 g/mol.